The van der Waals surface area contributed by atoms with Crippen LogP contribution in [0.1, 0.15) is 239 Å². The molecule has 1 nitrogen and oxygen atoms in total. The van der Waals surface area contributed by atoms with E-state index in [0.717, 1.165) is 0 Å². The zero-order valence-corrected chi connectivity index (χ0v) is 32.1. The minimum absolute atomic E-state index is 1.19. The highest BCUT2D eigenvalue weighted by Crippen LogP contribution is 2.12. The van der Waals surface area contributed by atoms with Crippen LogP contribution in [0.25, 0.3) is 0 Å². The van der Waals surface area contributed by atoms with Crippen LogP contribution in [-0.4, -0.2) is 13.6 Å². The Balaban J connectivity index is -0.0000000619. The first-order valence-corrected chi connectivity index (χ1v) is 18.5. The molecule has 1 N–H and O–H groups in total. The van der Waals surface area contributed by atoms with Gasteiger partial charge in [0.05, 0.1) is 0 Å². The van der Waals surface area contributed by atoms with Crippen LogP contribution >= 0.6 is 0 Å². The van der Waals surface area contributed by atoms with Crippen LogP contribution in [0.3, 0.4) is 0 Å². The Morgan fingerprint density at radius 1 is 0.256 bits per heavy atom. The van der Waals surface area contributed by atoms with Crippen molar-refractivity contribution in [2.75, 3.05) is 13.6 Å². The Morgan fingerprint density at radius 3 is 0.564 bits per heavy atom. The summed E-state index contributed by atoms with van der Waals surface area (Å²) in [5, 5.41) is 3.21. The molecule has 0 heterocycles. The van der Waals surface area contributed by atoms with Crippen LogP contribution < -0.4 is 5.32 Å². The highest BCUT2D eigenvalue weighted by molar-refractivity contribution is 4.49. The van der Waals surface area contributed by atoms with Gasteiger partial charge < -0.3 is 5.32 Å². The summed E-state index contributed by atoms with van der Waals surface area (Å²) in [6.07, 6.45) is 29.0. The monoisotopic (exact) mass is 564 g/mol. The molecular formula is C38H93N. The van der Waals surface area contributed by atoms with Gasteiger partial charge in [-0.1, -0.05) is 232 Å². The van der Waals surface area contributed by atoms with Gasteiger partial charge in [0.25, 0.3) is 0 Å². The minimum Gasteiger partial charge on any atom is -0.320 e. The molecule has 0 spiro atoms. The molecule has 0 unspecified atom stereocenters. The molecule has 0 bridgehead atoms. The maximum atomic E-state index is 3.21. The largest absolute Gasteiger partial charge is 0.320 e. The van der Waals surface area contributed by atoms with Crippen LogP contribution in [0.5, 0.6) is 0 Å². The molecule has 0 saturated heterocycles. The zero-order chi connectivity index (χ0) is 32.3. The fourth-order valence-electron chi connectivity index (χ4n) is 2.50. The molecular weight excluding hydrogens is 470 g/mol. The van der Waals surface area contributed by atoms with Crippen molar-refractivity contribution >= 4 is 0 Å². The SMILES string of the molecule is CCC.CCC.CCC.CCC.CCC.CCC.CCC.CCCCCCCCCCCCCCCCNC. The molecule has 0 radical (unpaired) electrons. The van der Waals surface area contributed by atoms with Crippen molar-refractivity contribution < 1.29 is 0 Å². The Bertz CT molecular complexity index is 179. The Kier molecular flexibility index (Phi) is 148. The number of nitrogens with one attached hydrogen (secondary N) is 1. The molecule has 0 aliphatic carbocycles. The third-order valence-electron chi connectivity index (χ3n) is 3.78. The van der Waals surface area contributed by atoms with Crippen molar-refractivity contribution in [2.45, 2.75) is 239 Å². The first kappa shape index (κ1) is 58.6. The molecule has 0 aromatic rings. The number of unbranched alkanes of at least 4 members (excludes halogenated alkanes) is 13. The van der Waals surface area contributed by atoms with E-state index in [1.807, 2.05) is 7.05 Å². The van der Waals surface area contributed by atoms with Crippen LogP contribution in [0.2, 0.25) is 0 Å². The van der Waals surface area contributed by atoms with Gasteiger partial charge in [-0.2, -0.15) is 0 Å². The van der Waals surface area contributed by atoms with Gasteiger partial charge in [-0.25, -0.2) is 0 Å². The standard InChI is InChI=1S/C17H37N.7C3H8/c1-3-4-5-6-7-8-9-10-11-12-13-14-15-16-17-18-2;7*1-3-2/h18H,3-17H2,1-2H3;7*3H2,1-2H3. The minimum atomic E-state index is 1.19. The van der Waals surface area contributed by atoms with Crippen LogP contribution in [0, 0.1) is 0 Å². The number of hydrogen-bond donors (Lipinski definition) is 1. The Hall–Kier alpha value is -0.0400. The molecule has 0 atom stereocenters. The van der Waals surface area contributed by atoms with E-state index < -0.39 is 0 Å². The van der Waals surface area contributed by atoms with Gasteiger partial charge in [-0.15, -0.1) is 0 Å². The van der Waals surface area contributed by atoms with Crippen molar-refractivity contribution in [2.24, 2.45) is 0 Å². The van der Waals surface area contributed by atoms with Crippen molar-refractivity contribution in [3.8, 4) is 0 Å². The summed E-state index contributed by atoms with van der Waals surface area (Å²) in [5.41, 5.74) is 0. The van der Waals surface area contributed by atoms with Gasteiger partial charge in [0.1, 0.15) is 0 Å². The molecule has 0 amide bonds. The van der Waals surface area contributed by atoms with Gasteiger partial charge in [0.15, 0.2) is 0 Å². The summed E-state index contributed by atoms with van der Waals surface area (Å²) in [4.78, 5) is 0. The molecule has 250 valence electrons. The Labute approximate surface area is 257 Å². The lowest BCUT2D eigenvalue weighted by Crippen LogP contribution is -2.06. The van der Waals surface area contributed by atoms with E-state index in [1.165, 1.54) is 141 Å². The second kappa shape index (κ2) is 98.4. The van der Waals surface area contributed by atoms with Gasteiger partial charge in [0.2, 0.25) is 0 Å². The predicted molar refractivity (Wildman–Crippen MR) is 196 cm³/mol. The molecule has 0 aliphatic heterocycles. The van der Waals surface area contributed by atoms with E-state index in [4.69, 9.17) is 0 Å². The lowest BCUT2D eigenvalue weighted by molar-refractivity contribution is 0.533. The lowest BCUT2D eigenvalue weighted by atomic mass is 10.0. The summed E-state index contributed by atoms with van der Waals surface area (Å²) < 4.78 is 0. The number of rotatable bonds is 15. The topological polar surface area (TPSA) is 12.0 Å². The van der Waals surface area contributed by atoms with E-state index in [0.29, 0.717) is 0 Å². The van der Waals surface area contributed by atoms with E-state index in [-0.39, 0.29) is 0 Å². The van der Waals surface area contributed by atoms with Crippen LogP contribution in [-0.2, 0) is 0 Å². The smallest absolute Gasteiger partial charge is 0.00519 e. The fourth-order valence-corrected chi connectivity index (χ4v) is 2.50. The Morgan fingerprint density at radius 2 is 0.410 bits per heavy atom. The summed E-state index contributed by atoms with van der Waals surface area (Å²) in [5.74, 6) is 0. The maximum absolute atomic E-state index is 3.21. The third kappa shape index (κ3) is 219. The summed E-state index contributed by atoms with van der Waals surface area (Å²) in [7, 11) is 2.04. The van der Waals surface area contributed by atoms with E-state index in [9.17, 15) is 0 Å². The van der Waals surface area contributed by atoms with Gasteiger partial charge in [0, 0.05) is 0 Å². The van der Waals surface area contributed by atoms with Crippen molar-refractivity contribution in [3.05, 3.63) is 0 Å². The quantitative estimate of drug-likeness (QED) is 0.195. The first-order chi connectivity index (χ1) is 18.8. The normalized spacial score (nSPS) is 8.31. The third-order valence-corrected chi connectivity index (χ3v) is 3.78. The van der Waals surface area contributed by atoms with Crippen LogP contribution in [0.4, 0.5) is 0 Å². The van der Waals surface area contributed by atoms with Crippen molar-refractivity contribution in [1.29, 1.82) is 0 Å². The predicted octanol–water partition coefficient (Wildman–Crippen LogP) is 15.6. The molecule has 0 aliphatic rings. The maximum Gasteiger partial charge on any atom is -0.00519 e. The van der Waals surface area contributed by atoms with Crippen molar-refractivity contribution in [3.63, 3.8) is 0 Å². The molecule has 1 heteroatoms. The van der Waals surface area contributed by atoms with E-state index in [2.05, 4.69) is 109 Å². The highest BCUT2D eigenvalue weighted by Gasteiger charge is 1.93. The van der Waals surface area contributed by atoms with E-state index in [1.54, 1.807) is 0 Å². The highest BCUT2D eigenvalue weighted by atomic mass is 14.8. The van der Waals surface area contributed by atoms with Gasteiger partial charge in [-0.3, -0.25) is 0 Å². The summed E-state index contributed by atoms with van der Waals surface area (Å²) in [6, 6.07) is 0. The van der Waals surface area contributed by atoms with Gasteiger partial charge in [-0.05, 0) is 20.0 Å². The van der Waals surface area contributed by atoms with E-state index >= 15 is 0 Å². The molecule has 0 rings (SSSR count). The first-order valence-electron chi connectivity index (χ1n) is 18.5. The van der Waals surface area contributed by atoms with Crippen LogP contribution in [0.15, 0.2) is 0 Å². The second-order valence-electron chi connectivity index (χ2n) is 10.6. The summed E-state index contributed by atoms with van der Waals surface area (Å²) >= 11 is 0. The average Bonchev–Trinajstić information content (AvgIpc) is 2.88. The second-order valence-corrected chi connectivity index (χ2v) is 10.6. The molecule has 0 fully saturated rings. The molecule has 0 aromatic heterocycles. The average molecular weight is 564 g/mol. The fraction of sp³-hybridized carbons (Fsp3) is 1.00. The van der Waals surface area contributed by atoms with Gasteiger partial charge >= 0.3 is 0 Å². The molecule has 0 saturated carbocycles. The molecule has 0 aromatic carbocycles. The number of hydrogen-bond acceptors (Lipinski definition) is 1. The van der Waals surface area contributed by atoms with Crippen molar-refractivity contribution in [1.82, 2.24) is 5.32 Å². The zero-order valence-electron chi connectivity index (χ0n) is 32.1. The molecule has 39 heavy (non-hydrogen) atoms. The summed E-state index contributed by atoms with van der Waals surface area (Å²) in [6.45, 7) is 33.2. The lowest BCUT2D eigenvalue weighted by Gasteiger charge is -2.03.